The van der Waals surface area contributed by atoms with Crippen molar-refractivity contribution in [3.8, 4) is 11.5 Å². The molecule has 4 N–H and O–H groups in total. The molecule has 0 aliphatic carbocycles. The number of amidine groups is 1. The van der Waals surface area contributed by atoms with E-state index >= 15 is 0 Å². The zero-order valence-corrected chi connectivity index (χ0v) is 11.1. The summed E-state index contributed by atoms with van der Waals surface area (Å²) < 4.78 is 10.9. The van der Waals surface area contributed by atoms with Crippen LogP contribution in [0.1, 0.15) is 23.7 Å². The summed E-state index contributed by atoms with van der Waals surface area (Å²) in [4.78, 5) is 12.2. The molecule has 0 saturated carbocycles. The molecule has 1 aliphatic heterocycles. The minimum atomic E-state index is -0.286. The zero-order chi connectivity index (χ0) is 14.5. The van der Waals surface area contributed by atoms with Crippen molar-refractivity contribution in [1.29, 1.82) is 0 Å². The van der Waals surface area contributed by atoms with Gasteiger partial charge in [0, 0.05) is 12.5 Å². The molecule has 1 aromatic rings. The van der Waals surface area contributed by atoms with Gasteiger partial charge in [-0.25, -0.2) is 0 Å². The topological polar surface area (TPSA) is 106 Å². The third-order valence-corrected chi connectivity index (χ3v) is 2.83. The Morgan fingerprint density at radius 3 is 3.00 bits per heavy atom. The summed E-state index contributed by atoms with van der Waals surface area (Å²) in [5.41, 5.74) is 5.81. The molecule has 0 aromatic heterocycles. The molecular weight excluding hydrogens is 262 g/mol. The molecule has 0 saturated heterocycles. The molecule has 7 heteroatoms. The third-order valence-electron chi connectivity index (χ3n) is 2.83. The van der Waals surface area contributed by atoms with Crippen molar-refractivity contribution in [2.45, 2.75) is 19.4 Å². The quantitative estimate of drug-likeness (QED) is 0.326. The van der Waals surface area contributed by atoms with E-state index in [1.807, 2.05) is 0 Å². The average molecular weight is 279 g/mol. The summed E-state index contributed by atoms with van der Waals surface area (Å²) in [6.07, 6.45) is 0.259. The maximum absolute atomic E-state index is 12.2. The molecule has 0 radical (unpaired) electrons. The average Bonchev–Trinajstić information content (AvgIpc) is 2.46. The molecule has 7 nitrogen and oxygen atoms in total. The van der Waals surface area contributed by atoms with Crippen molar-refractivity contribution in [3.63, 3.8) is 0 Å². The second-order valence-electron chi connectivity index (χ2n) is 4.50. The molecule has 0 bridgehead atoms. The van der Waals surface area contributed by atoms with Gasteiger partial charge in [-0.3, -0.25) is 4.79 Å². The molecule has 108 valence electrons. The van der Waals surface area contributed by atoms with E-state index in [-0.39, 0.29) is 24.2 Å². The molecule has 1 atom stereocenters. The highest BCUT2D eigenvalue weighted by atomic mass is 16.6. The maximum Gasteiger partial charge on any atom is 0.255 e. The van der Waals surface area contributed by atoms with Crippen LogP contribution in [0.15, 0.2) is 23.4 Å². The first-order valence-electron chi connectivity index (χ1n) is 6.27. The number of carbonyl (C=O) groups is 1. The lowest BCUT2D eigenvalue weighted by atomic mass is 10.1. The van der Waals surface area contributed by atoms with Crippen molar-refractivity contribution in [2.24, 2.45) is 10.9 Å². The van der Waals surface area contributed by atoms with Crippen molar-refractivity contribution in [1.82, 2.24) is 5.32 Å². The number of ether oxygens (including phenoxy) is 2. The maximum atomic E-state index is 12.2. The van der Waals surface area contributed by atoms with E-state index in [1.54, 1.807) is 25.1 Å². The van der Waals surface area contributed by atoms with Gasteiger partial charge in [0.1, 0.15) is 19.0 Å². The number of rotatable bonds is 4. The molecule has 1 heterocycles. The van der Waals surface area contributed by atoms with Gasteiger partial charge in [0.05, 0.1) is 5.56 Å². The Bertz CT molecular complexity index is 530. The van der Waals surface area contributed by atoms with E-state index < -0.39 is 0 Å². The van der Waals surface area contributed by atoms with Gasteiger partial charge < -0.3 is 25.7 Å². The Balaban J connectivity index is 2.10. The summed E-state index contributed by atoms with van der Waals surface area (Å²) in [6.45, 7) is 2.65. The minimum absolute atomic E-state index is 0.0625. The van der Waals surface area contributed by atoms with Gasteiger partial charge in [0.2, 0.25) is 0 Å². The van der Waals surface area contributed by atoms with Crippen LogP contribution in [0.2, 0.25) is 0 Å². The number of oxime groups is 1. The number of fused-ring (bicyclic) bond motifs is 1. The largest absolute Gasteiger partial charge is 0.486 e. The fraction of sp³-hybridized carbons (Fsp3) is 0.385. The molecule has 0 fully saturated rings. The lowest BCUT2D eigenvalue weighted by Crippen LogP contribution is -2.36. The van der Waals surface area contributed by atoms with E-state index in [0.717, 1.165) is 0 Å². The van der Waals surface area contributed by atoms with Gasteiger partial charge in [-0.05, 0) is 19.1 Å². The summed E-state index contributed by atoms with van der Waals surface area (Å²) in [5, 5.41) is 14.1. The van der Waals surface area contributed by atoms with Gasteiger partial charge in [-0.1, -0.05) is 11.2 Å². The number of benzene rings is 1. The SMILES string of the molecule is CC(CC(N)=NO)NC(=O)c1cccc2c1OCCO2. The summed E-state index contributed by atoms with van der Waals surface area (Å²) in [7, 11) is 0. The second kappa shape index (κ2) is 6.14. The first kappa shape index (κ1) is 14.0. The van der Waals surface area contributed by atoms with E-state index in [1.165, 1.54) is 0 Å². The van der Waals surface area contributed by atoms with Gasteiger partial charge >= 0.3 is 0 Å². The molecular formula is C13H17N3O4. The van der Waals surface area contributed by atoms with Gasteiger partial charge in [0.15, 0.2) is 11.5 Å². The van der Waals surface area contributed by atoms with Crippen molar-refractivity contribution < 1.29 is 19.5 Å². The molecule has 1 aliphatic rings. The summed E-state index contributed by atoms with van der Waals surface area (Å²) in [6, 6.07) is 4.89. The summed E-state index contributed by atoms with van der Waals surface area (Å²) >= 11 is 0. The van der Waals surface area contributed by atoms with Crippen LogP contribution in [0.3, 0.4) is 0 Å². The highest BCUT2D eigenvalue weighted by Gasteiger charge is 2.21. The number of para-hydroxylation sites is 1. The van der Waals surface area contributed by atoms with Crippen molar-refractivity contribution >= 4 is 11.7 Å². The summed E-state index contributed by atoms with van der Waals surface area (Å²) in [5.74, 6) is 0.790. The number of carbonyl (C=O) groups excluding carboxylic acids is 1. The fourth-order valence-corrected chi connectivity index (χ4v) is 1.96. The van der Waals surface area contributed by atoms with Crippen LogP contribution in [0.25, 0.3) is 0 Å². The number of nitrogens with one attached hydrogen (secondary N) is 1. The molecule has 1 aromatic carbocycles. The van der Waals surface area contributed by atoms with E-state index in [9.17, 15) is 4.79 Å². The Kier molecular flexibility index (Phi) is 4.29. The predicted molar refractivity (Wildman–Crippen MR) is 72.4 cm³/mol. The first-order chi connectivity index (χ1) is 9.61. The molecule has 2 rings (SSSR count). The minimum Gasteiger partial charge on any atom is -0.486 e. The van der Waals surface area contributed by atoms with Crippen LogP contribution in [-0.2, 0) is 0 Å². The number of hydrogen-bond acceptors (Lipinski definition) is 5. The Hall–Kier alpha value is -2.44. The normalized spacial score (nSPS) is 15.6. The molecule has 1 unspecified atom stereocenters. The zero-order valence-electron chi connectivity index (χ0n) is 11.1. The standard InChI is InChI=1S/C13H17N3O4/c1-8(7-11(14)16-18)15-13(17)9-3-2-4-10-12(9)20-6-5-19-10/h2-4,8,18H,5-7H2,1H3,(H2,14,16)(H,15,17). The number of nitrogens with zero attached hydrogens (tertiary/aromatic N) is 1. The van der Waals surface area contributed by atoms with Crippen molar-refractivity contribution in [2.75, 3.05) is 13.2 Å². The van der Waals surface area contributed by atoms with Gasteiger partial charge in [-0.2, -0.15) is 0 Å². The molecule has 20 heavy (non-hydrogen) atoms. The fourth-order valence-electron chi connectivity index (χ4n) is 1.96. The Morgan fingerprint density at radius 2 is 2.25 bits per heavy atom. The predicted octanol–water partition coefficient (Wildman–Crippen LogP) is 0.713. The van der Waals surface area contributed by atoms with E-state index in [2.05, 4.69) is 10.5 Å². The van der Waals surface area contributed by atoms with Crippen LogP contribution >= 0.6 is 0 Å². The second-order valence-corrected chi connectivity index (χ2v) is 4.50. The number of nitrogens with two attached hydrogens (primary N) is 1. The molecule has 1 amide bonds. The number of hydrogen-bond donors (Lipinski definition) is 3. The lowest BCUT2D eigenvalue weighted by molar-refractivity contribution is 0.0930. The van der Waals surface area contributed by atoms with Crippen molar-refractivity contribution in [3.05, 3.63) is 23.8 Å². The van der Waals surface area contributed by atoms with E-state index in [0.29, 0.717) is 30.3 Å². The van der Waals surface area contributed by atoms with E-state index in [4.69, 9.17) is 20.4 Å². The first-order valence-corrected chi connectivity index (χ1v) is 6.27. The van der Waals surface area contributed by atoms with Gasteiger partial charge in [0.25, 0.3) is 5.91 Å². The monoisotopic (exact) mass is 279 g/mol. The molecule has 0 spiro atoms. The van der Waals surface area contributed by atoms with Crippen LogP contribution in [0.4, 0.5) is 0 Å². The van der Waals surface area contributed by atoms with Crippen LogP contribution < -0.4 is 20.5 Å². The smallest absolute Gasteiger partial charge is 0.255 e. The van der Waals surface area contributed by atoms with Gasteiger partial charge in [-0.15, -0.1) is 0 Å². The van der Waals surface area contributed by atoms with Crippen LogP contribution in [0.5, 0.6) is 11.5 Å². The van der Waals surface area contributed by atoms with Crippen LogP contribution in [-0.4, -0.2) is 36.2 Å². The Labute approximate surface area is 116 Å². The Morgan fingerprint density at radius 1 is 1.50 bits per heavy atom. The lowest BCUT2D eigenvalue weighted by Gasteiger charge is -2.21. The highest BCUT2D eigenvalue weighted by Crippen LogP contribution is 2.33. The highest BCUT2D eigenvalue weighted by molar-refractivity contribution is 5.98. The van der Waals surface area contributed by atoms with Crippen LogP contribution in [0, 0.1) is 0 Å². The third kappa shape index (κ3) is 3.11. The number of amides is 1.